The summed E-state index contributed by atoms with van der Waals surface area (Å²) in [5.74, 6) is -1.79. The van der Waals surface area contributed by atoms with Crippen LogP contribution in [0.3, 0.4) is 0 Å². The number of sulfonamides is 1. The molecule has 2 aromatic carbocycles. The molecule has 3 rings (SSSR count). The summed E-state index contributed by atoms with van der Waals surface area (Å²) in [5.41, 5.74) is 0.175. The molecule has 0 aliphatic rings. The molecule has 2 amide bonds. The van der Waals surface area contributed by atoms with Crippen molar-refractivity contribution in [1.29, 1.82) is 0 Å². The van der Waals surface area contributed by atoms with Crippen LogP contribution >= 0.6 is 0 Å². The van der Waals surface area contributed by atoms with E-state index in [9.17, 15) is 32.0 Å². The molecule has 0 spiro atoms. The van der Waals surface area contributed by atoms with E-state index in [-0.39, 0.29) is 93.4 Å². The van der Waals surface area contributed by atoms with Gasteiger partial charge in [0.15, 0.2) is 0 Å². The third-order valence-corrected chi connectivity index (χ3v) is 10.9. The SMILES string of the molecule is CC(C)(C)OC(=O)CCCCCCCCCCCCCc1cc(Oc2ccc(S(=O)(=O)Nc3cnc(C(=O)NCCOCCOCC(=O)NCCOCCOCC(=O)O)nc3)cc2)ccc1F. The maximum absolute atomic E-state index is 14.6. The summed E-state index contributed by atoms with van der Waals surface area (Å²) in [6.45, 7) is 6.48. The van der Waals surface area contributed by atoms with Gasteiger partial charge in [-0.05, 0) is 88.1 Å². The van der Waals surface area contributed by atoms with E-state index < -0.39 is 34.1 Å². The van der Waals surface area contributed by atoms with Crippen molar-refractivity contribution in [2.45, 2.75) is 115 Å². The second kappa shape index (κ2) is 31.6. The number of aromatic nitrogens is 2. The number of carbonyl (C=O) groups is 4. The van der Waals surface area contributed by atoms with Crippen molar-refractivity contribution in [3.63, 3.8) is 0 Å². The van der Waals surface area contributed by atoms with Gasteiger partial charge in [-0.25, -0.2) is 27.6 Å². The Balaban J connectivity index is 1.25. The molecule has 18 nitrogen and oxygen atoms in total. The number of esters is 1. The topological polar surface area (TPSA) is 240 Å². The zero-order chi connectivity index (χ0) is 48.8. The van der Waals surface area contributed by atoms with Crippen LogP contribution in [0.5, 0.6) is 11.5 Å². The first kappa shape index (κ1) is 56.0. The predicted octanol–water partition coefficient (Wildman–Crippen LogP) is 6.77. The van der Waals surface area contributed by atoms with E-state index in [1.165, 1.54) is 74.5 Å². The summed E-state index contributed by atoms with van der Waals surface area (Å²) >= 11 is 0. The van der Waals surface area contributed by atoms with Gasteiger partial charge in [-0.1, -0.05) is 57.8 Å². The third kappa shape index (κ3) is 26.0. The molecule has 67 heavy (non-hydrogen) atoms. The Morgan fingerprint density at radius 3 is 1.81 bits per heavy atom. The fourth-order valence-corrected chi connectivity index (χ4v) is 7.33. The normalized spacial score (nSPS) is 11.5. The molecular formula is C47H68FN5O13S. The number of hydrogen-bond donors (Lipinski definition) is 4. The minimum absolute atomic E-state index is 0.0395. The van der Waals surface area contributed by atoms with Crippen molar-refractivity contribution < 1.29 is 65.5 Å². The summed E-state index contributed by atoms with van der Waals surface area (Å²) in [5, 5.41) is 13.7. The smallest absolute Gasteiger partial charge is 0.329 e. The number of nitrogens with one attached hydrogen (secondary N) is 3. The average Bonchev–Trinajstić information content (AvgIpc) is 3.27. The standard InChI is InChI=1S/C47H68FN5O13S/c1-47(2,3)66-44(57)16-14-12-10-8-6-4-5-7-9-11-13-15-36-31-39(19-22-41(36)48)65-38-17-20-40(21-18-38)67(59,60)53-37-32-51-45(52-33-37)46(58)50-24-26-62-27-29-63-34-42(54)49-23-25-61-28-30-64-35-43(55)56/h17-22,31-33,53H,4-16,23-30,34-35H2,1-3H3,(H,49,54)(H,50,58)(H,55,56). The lowest BCUT2D eigenvalue weighted by atomic mass is 10.0. The molecule has 4 N–H and O–H groups in total. The first-order valence-electron chi connectivity index (χ1n) is 22.8. The first-order valence-corrected chi connectivity index (χ1v) is 24.3. The van der Waals surface area contributed by atoms with E-state index in [4.69, 9.17) is 33.5 Å². The largest absolute Gasteiger partial charge is 0.480 e. The molecular weight excluding hydrogens is 894 g/mol. The Kier molecular flexibility index (Phi) is 26.5. The van der Waals surface area contributed by atoms with Crippen LogP contribution in [0.2, 0.25) is 0 Å². The van der Waals surface area contributed by atoms with Crippen LogP contribution in [-0.4, -0.2) is 119 Å². The second-order valence-electron chi connectivity index (χ2n) is 16.5. The fraction of sp³-hybridized carbons (Fsp3) is 0.574. The lowest BCUT2D eigenvalue weighted by Gasteiger charge is -2.19. The molecule has 0 aliphatic carbocycles. The van der Waals surface area contributed by atoms with Gasteiger partial charge in [0.1, 0.15) is 36.1 Å². The van der Waals surface area contributed by atoms with Crippen molar-refractivity contribution in [2.75, 3.05) is 70.7 Å². The van der Waals surface area contributed by atoms with Crippen LogP contribution in [0.15, 0.2) is 59.8 Å². The highest BCUT2D eigenvalue weighted by Gasteiger charge is 2.18. The Morgan fingerprint density at radius 2 is 1.21 bits per heavy atom. The number of halogens is 1. The summed E-state index contributed by atoms with van der Waals surface area (Å²) in [4.78, 5) is 54.3. The van der Waals surface area contributed by atoms with Crippen LogP contribution < -0.4 is 20.1 Å². The Labute approximate surface area is 393 Å². The monoisotopic (exact) mass is 961 g/mol. The van der Waals surface area contributed by atoms with Gasteiger partial charge in [0.25, 0.3) is 15.9 Å². The van der Waals surface area contributed by atoms with Crippen LogP contribution in [0.1, 0.15) is 114 Å². The van der Waals surface area contributed by atoms with Crippen molar-refractivity contribution in [3.05, 3.63) is 72.1 Å². The van der Waals surface area contributed by atoms with E-state index in [1.54, 1.807) is 6.07 Å². The van der Waals surface area contributed by atoms with E-state index in [2.05, 4.69) is 25.3 Å². The third-order valence-electron chi connectivity index (χ3n) is 9.54. The van der Waals surface area contributed by atoms with Crippen molar-refractivity contribution in [1.82, 2.24) is 20.6 Å². The molecule has 1 heterocycles. The number of hydrogen-bond acceptors (Lipinski definition) is 14. The molecule has 1 aromatic heterocycles. The predicted molar refractivity (Wildman–Crippen MR) is 247 cm³/mol. The Hall–Kier alpha value is -5.28. The zero-order valence-corrected chi connectivity index (χ0v) is 39.8. The van der Waals surface area contributed by atoms with E-state index in [0.717, 1.165) is 44.9 Å². The maximum atomic E-state index is 14.6. The molecule has 20 heteroatoms. The Bertz CT molecular complexity index is 2040. The number of unbranched alkanes of at least 4 members (excludes halogenated alkanes) is 10. The van der Waals surface area contributed by atoms with E-state index in [1.807, 2.05) is 20.8 Å². The van der Waals surface area contributed by atoms with Gasteiger partial charge < -0.3 is 44.2 Å². The van der Waals surface area contributed by atoms with Gasteiger partial charge in [-0.3, -0.25) is 19.1 Å². The zero-order valence-electron chi connectivity index (χ0n) is 39.0. The number of carboxylic acid groups (broad SMARTS) is 1. The van der Waals surface area contributed by atoms with Gasteiger partial charge in [0.05, 0.1) is 62.6 Å². The minimum atomic E-state index is -4.05. The van der Waals surface area contributed by atoms with Crippen LogP contribution in [0.4, 0.5) is 10.1 Å². The molecule has 0 saturated heterocycles. The number of aliphatic carboxylic acids is 1. The molecule has 3 aromatic rings. The quantitative estimate of drug-likeness (QED) is 0.0347. The summed E-state index contributed by atoms with van der Waals surface area (Å²) < 4.78 is 75.1. The molecule has 0 aliphatic heterocycles. The van der Waals surface area contributed by atoms with Gasteiger partial charge in [0, 0.05) is 19.5 Å². The molecule has 372 valence electrons. The van der Waals surface area contributed by atoms with E-state index >= 15 is 0 Å². The second-order valence-corrected chi connectivity index (χ2v) is 18.2. The van der Waals surface area contributed by atoms with Crippen molar-refractivity contribution in [2.24, 2.45) is 0 Å². The molecule has 0 radical (unpaired) electrons. The van der Waals surface area contributed by atoms with Crippen molar-refractivity contribution >= 4 is 39.5 Å². The highest BCUT2D eigenvalue weighted by atomic mass is 32.2. The van der Waals surface area contributed by atoms with Crippen LogP contribution in [-0.2, 0) is 54.5 Å². The average molecular weight is 962 g/mol. The molecule has 0 saturated carbocycles. The van der Waals surface area contributed by atoms with Gasteiger partial charge >= 0.3 is 11.9 Å². The van der Waals surface area contributed by atoms with Crippen LogP contribution in [0.25, 0.3) is 0 Å². The van der Waals surface area contributed by atoms with Gasteiger partial charge in [0.2, 0.25) is 11.7 Å². The number of benzene rings is 2. The fourth-order valence-electron chi connectivity index (χ4n) is 6.30. The first-order chi connectivity index (χ1) is 32.1. The summed E-state index contributed by atoms with van der Waals surface area (Å²) in [6, 6.07) is 10.3. The number of amides is 2. The minimum Gasteiger partial charge on any atom is -0.480 e. The van der Waals surface area contributed by atoms with Crippen LogP contribution in [0, 0.1) is 5.82 Å². The van der Waals surface area contributed by atoms with Crippen molar-refractivity contribution in [3.8, 4) is 11.5 Å². The number of carboxylic acids is 1. The highest BCUT2D eigenvalue weighted by molar-refractivity contribution is 7.92. The molecule has 0 atom stereocenters. The highest BCUT2D eigenvalue weighted by Crippen LogP contribution is 2.27. The molecule has 0 bridgehead atoms. The number of ether oxygens (including phenoxy) is 6. The van der Waals surface area contributed by atoms with E-state index in [0.29, 0.717) is 29.9 Å². The number of carbonyl (C=O) groups excluding carboxylic acids is 3. The number of nitrogens with zero attached hydrogens (tertiary/aromatic N) is 2. The van der Waals surface area contributed by atoms with Gasteiger partial charge in [-0.2, -0.15) is 0 Å². The summed E-state index contributed by atoms with van der Waals surface area (Å²) in [7, 11) is -4.05. The number of anilines is 1. The van der Waals surface area contributed by atoms with Gasteiger partial charge in [-0.15, -0.1) is 0 Å². The lowest BCUT2D eigenvalue weighted by Crippen LogP contribution is -2.31. The maximum Gasteiger partial charge on any atom is 0.329 e. The number of aryl methyl sites for hydroxylation is 1. The Morgan fingerprint density at radius 1 is 0.672 bits per heavy atom. The molecule has 0 unspecified atom stereocenters. The lowest BCUT2D eigenvalue weighted by molar-refractivity contribution is -0.155. The summed E-state index contributed by atoms with van der Waals surface area (Å²) in [6.07, 6.45) is 15.3. The number of rotatable bonds is 36. The molecule has 0 fully saturated rings.